The number of halogens is 4. The Labute approximate surface area is 100.0 Å². The minimum absolute atomic E-state index is 0.0208. The first kappa shape index (κ1) is 14.5. The lowest BCUT2D eigenvalue weighted by Crippen LogP contribution is -2.38. The molecule has 0 aromatic carbocycles. The van der Waals surface area contributed by atoms with Gasteiger partial charge in [0.1, 0.15) is 0 Å². The van der Waals surface area contributed by atoms with Crippen LogP contribution in [0.3, 0.4) is 0 Å². The van der Waals surface area contributed by atoms with Crippen molar-refractivity contribution in [3.63, 3.8) is 0 Å². The average Bonchev–Trinajstić information content (AvgIpc) is 2.59. The third-order valence-corrected chi connectivity index (χ3v) is 2.30. The third kappa shape index (κ3) is 3.46. The summed E-state index contributed by atoms with van der Waals surface area (Å²) in [6.45, 7) is 0.197. The molecule has 0 aliphatic rings. The first-order chi connectivity index (χ1) is 8.24. The summed E-state index contributed by atoms with van der Waals surface area (Å²) >= 11 is 0. The first-order valence-corrected chi connectivity index (χ1v) is 5.02. The lowest BCUT2D eigenvalue weighted by atomic mass is 10.2. The maximum atomic E-state index is 12.5. The number of carbonyl (C=O) groups is 1. The molecule has 0 saturated heterocycles. The Balaban J connectivity index is 2.55. The number of aromatic amines is 1. The van der Waals surface area contributed by atoms with E-state index in [2.05, 4.69) is 10.3 Å². The maximum Gasteiger partial charge on any atom is 0.337 e. The number of H-pyrrole nitrogens is 1. The Kier molecular flexibility index (Phi) is 4.33. The van der Waals surface area contributed by atoms with Crippen molar-refractivity contribution in [3.8, 4) is 0 Å². The van der Waals surface area contributed by atoms with Crippen molar-refractivity contribution >= 4 is 5.97 Å². The Morgan fingerprint density at radius 2 is 2.17 bits per heavy atom. The van der Waals surface area contributed by atoms with Crippen molar-refractivity contribution in [2.75, 3.05) is 6.54 Å². The number of alkyl halides is 4. The van der Waals surface area contributed by atoms with Gasteiger partial charge in [0.2, 0.25) is 0 Å². The highest BCUT2D eigenvalue weighted by molar-refractivity contribution is 5.89. The van der Waals surface area contributed by atoms with Crippen LogP contribution in [0.2, 0.25) is 0 Å². The summed E-state index contributed by atoms with van der Waals surface area (Å²) < 4.78 is 48.8. The number of hydrogen-bond acceptors (Lipinski definition) is 2. The van der Waals surface area contributed by atoms with Crippen molar-refractivity contribution in [2.24, 2.45) is 0 Å². The second-order valence-corrected chi connectivity index (χ2v) is 3.80. The van der Waals surface area contributed by atoms with Gasteiger partial charge in [0.25, 0.3) is 0 Å². The molecule has 8 heteroatoms. The molecule has 1 aromatic rings. The fourth-order valence-corrected chi connectivity index (χ4v) is 1.39. The highest BCUT2D eigenvalue weighted by atomic mass is 19.3. The van der Waals surface area contributed by atoms with Gasteiger partial charge in [0.05, 0.1) is 12.1 Å². The number of rotatable bonds is 6. The van der Waals surface area contributed by atoms with Gasteiger partial charge in [-0.15, -0.1) is 0 Å². The zero-order valence-corrected chi connectivity index (χ0v) is 9.44. The topological polar surface area (TPSA) is 65.1 Å². The second-order valence-electron chi connectivity index (χ2n) is 3.80. The predicted octanol–water partition coefficient (Wildman–Crippen LogP) is 2.01. The normalized spacial score (nSPS) is 12.1. The lowest BCUT2D eigenvalue weighted by molar-refractivity contribution is -0.125. The van der Waals surface area contributed by atoms with E-state index >= 15 is 0 Å². The third-order valence-electron chi connectivity index (χ3n) is 2.30. The van der Waals surface area contributed by atoms with Crippen LogP contribution in [0.1, 0.15) is 21.7 Å². The SMILES string of the molecule is Cc1[nH]c(CNCC(F)(F)C(F)F)cc1C(=O)O. The summed E-state index contributed by atoms with van der Waals surface area (Å²) in [6.07, 6.45) is -3.73. The van der Waals surface area contributed by atoms with E-state index in [9.17, 15) is 22.4 Å². The minimum atomic E-state index is -4.10. The minimum Gasteiger partial charge on any atom is -0.478 e. The monoisotopic (exact) mass is 268 g/mol. The number of carboxylic acid groups (broad SMARTS) is 1. The Morgan fingerprint density at radius 3 is 2.61 bits per heavy atom. The molecule has 1 aromatic heterocycles. The number of aromatic carboxylic acids is 1. The molecule has 0 aliphatic heterocycles. The predicted molar refractivity (Wildman–Crippen MR) is 55.1 cm³/mol. The van der Waals surface area contributed by atoms with E-state index in [1.54, 1.807) is 0 Å². The molecule has 102 valence electrons. The highest BCUT2D eigenvalue weighted by Crippen LogP contribution is 2.21. The fourth-order valence-electron chi connectivity index (χ4n) is 1.39. The van der Waals surface area contributed by atoms with Crippen molar-refractivity contribution < 1.29 is 27.5 Å². The van der Waals surface area contributed by atoms with E-state index in [1.807, 2.05) is 0 Å². The fraction of sp³-hybridized carbons (Fsp3) is 0.500. The van der Waals surface area contributed by atoms with Gasteiger partial charge < -0.3 is 15.4 Å². The van der Waals surface area contributed by atoms with Crippen LogP contribution in [0.15, 0.2) is 6.07 Å². The molecular formula is C10H12F4N2O2. The van der Waals surface area contributed by atoms with Crippen molar-refractivity contribution in [1.82, 2.24) is 10.3 Å². The van der Waals surface area contributed by atoms with Gasteiger partial charge in [-0.3, -0.25) is 0 Å². The van der Waals surface area contributed by atoms with Crippen LogP contribution >= 0.6 is 0 Å². The van der Waals surface area contributed by atoms with Gasteiger partial charge in [-0.2, -0.15) is 8.78 Å². The molecule has 0 radical (unpaired) electrons. The van der Waals surface area contributed by atoms with Crippen molar-refractivity contribution in [3.05, 3.63) is 23.0 Å². The van der Waals surface area contributed by atoms with Crippen LogP contribution in [0.5, 0.6) is 0 Å². The van der Waals surface area contributed by atoms with Crippen LogP contribution in [-0.2, 0) is 6.54 Å². The van der Waals surface area contributed by atoms with Gasteiger partial charge in [0, 0.05) is 17.9 Å². The standard InChI is InChI=1S/C10H12F4N2O2/c1-5-7(8(17)18)2-6(16-5)3-15-4-10(13,14)9(11)12/h2,9,15-16H,3-4H2,1H3,(H,17,18). The first-order valence-electron chi connectivity index (χ1n) is 5.02. The summed E-state index contributed by atoms with van der Waals surface area (Å²) in [5.41, 5.74) is 0.738. The van der Waals surface area contributed by atoms with Gasteiger partial charge in [0.15, 0.2) is 0 Å². The molecule has 0 unspecified atom stereocenters. The summed E-state index contributed by atoms with van der Waals surface area (Å²) in [4.78, 5) is 13.4. The number of hydrogen-bond donors (Lipinski definition) is 3. The smallest absolute Gasteiger partial charge is 0.337 e. The molecule has 0 bridgehead atoms. The summed E-state index contributed by atoms with van der Waals surface area (Å²) in [7, 11) is 0. The molecule has 0 aliphatic carbocycles. The molecule has 0 fully saturated rings. The average molecular weight is 268 g/mol. The molecule has 18 heavy (non-hydrogen) atoms. The van der Waals surface area contributed by atoms with Crippen LogP contribution in [0.4, 0.5) is 17.6 Å². The molecular weight excluding hydrogens is 256 g/mol. The van der Waals surface area contributed by atoms with Gasteiger partial charge in [-0.05, 0) is 13.0 Å². The van der Waals surface area contributed by atoms with E-state index in [0.717, 1.165) is 0 Å². The van der Waals surface area contributed by atoms with E-state index in [1.165, 1.54) is 13.0 Å². The molecule has 3 N–H and O–H groups in total. The van der Waals surface area contributed by atoms with Crippen LogP contribution < -0.4 is 5.32 Å². The number of aryl methyl sites for hydroxylation is 1. The number of aromatic nitrogens is 1. The summed E-state index contributed by atoms with van der Waals surface area (Å²) in [6, 6.07) is 1.27. The zero-order valence-electron chi connectivity index (χ0n) is 9.44. The molecule has 4 nitrogen and oxygen atoms in total. The molecule has 1 heterocycles. The molecule has 0 amide bonds. The van der Waals surface area contributed by atoms with Gasteiger partial charge in [-0.25, -0.2) is 13.6 Å². The summed E-state index contributed by atoms with van der Waals surface area (Å²) in [5, 5.41) is 10.9. The maximum absolute atomic E-state index is 12.5. The number of carboxylic acids is 1. The van der Waals surface area contributed by atoms with E-state index in [0.29, 0.717) is 11.4 Å². The van der Waals surface area contributed by atoms with Crippen LogP contribution in [0.25, 0.3) is 0 Å². The Bertz CT molecular complexity index is 432. The van der Waals surface area contributed by atoms with Crippen LogP contribution in [0, 0.1) is 6.92 Å². The highest BCUT2D eigenvalue weighted by Gasteiger charge is 2.39. The van der Waals surface area contributed by atoms with E-state index in [-0.39, 0.29) is 12.1 Å². The molecule has 0 spiro atoms. The van der Waals surface area contributed by atoms with Crippen molar-refractivity contribution in [2.45, 2.75) is 25.8 Å². The zero-order chi connectivity index (χ0) is 13.9. The lowest BCUT2D eigenvalue weighted by Gasteiger charge is -2.15. The number of nitrogens with one attached hydrogen (secondary N) is 2. The van der Waals surface area contributed by atoms with Crippen LogP contribution in [-0.4, -0.2) is 35.0 Å². The second kappa shape index (κ2) is 5.38. The van der Waals surface area contributed by atoms with Gasteiger partial charge in [-0.1, -0.05) is 0 Å². The van der Waals surface area contributed by atoms with E-state index in [4.69, 9.17) is 5.11 Å². The Hall–Kier alpha value is -1.57. The molecule has 1 rings (SSSR count). The molecule has 0 atom stereocenters. The van der Waals surface area contributed by atoms with E-state index < -0.39 is 24.9 Å². The summed E-state index contributed by atoms with van der Waals surface area (Å²) in [5.74, 6) is -5.25. The quantitative estimate of drug-likeness (QED) is 0.691. The largest absolute Gasteiger partial charge is 0.478 e. The molecule has 0 saturated carbocycles. The van der Waals surface area contributed by atoms with Crippen molar-refractivity contribution in [1.29, 1.82) is 0 Å². The Morgan fingerprint density at radius 1 is 1.56 bits per heavy atom. The van der Waals surface area contributed by atoms with Gasteiger partial charge >= 0.3 is 18.3 Å².